The number of fused-ring (bicyclic) bond motifs is 3. The molecule has 0 atom stereocenters. The zero-order valence-corrected chi connectivity index (χ0v) is 34.3. The first-order chi connectivity index (χ1) is 29.1. The van der Waals surface area contributed by atoms with Gasteiger partial charge in [-0.1, -0.05) is 203 Å². The summed E-state index contributed by atoms with van der Waals surface area (Å²) < 4.78 is 6.29. The van der Waals surface area contributed by atoms with E-state index in [0.717, 1.165) is 62.6 Å². The highest BCUT2D eigenvalue weighted by molar-refractivity contribution is 6.08. The van der Waals surface area contributed by atoms with Crippen molar-refractivity contribution in [3.05, 3.63) is 247 Å². The molecule has 0 aliphatic heterocycles. The average Bonchev–Trinajstić information content (AvgIpc) is 3.69. The Balaban J connectivity index is 0.000000330. The molecule has 0 amide bonds. The van der Waals surface area contributed by atoms with E-state index < -0.39 is 0 Å². The third-order valence-electron chi connectivity index (χ3n) is 9.76. The van der Waals surface area contributed by atoms with Gasteiger partial charge < -0.3 is 15.6 Å². The summed E-state index contributed by atoms with van der Waals surface area (Å²) in [4.78, 5) is 0. The van der Waals surface area contributed by atoms with Gasteiger partial charge >= 0.3 is 0 Å². The molecule has 0 radical (unpaired) electrons. The first-order valence-electron chi connectivity index (χ1n) is 20.1. The minimum absolute atomic E-state index is 0.502. The largest absolute Gasteiger partial charge is 0.456 e. The van der Waals surface area contributed by atoms with Gasteiger partial charge in [0, 0.05) is 17.3 Å². The van der Waals surface area contributed by atoms with Crippen LogP contribution in [0.1, 0.15) is 41.7 Å². The second kappa shape index (κ2) is 22.6. The smallest absolute Gasteiger partial charge is 0.136 e. The summed E-state index contributed by atoms with van der Waals surface area (Å²) in [6.45, 7) is 14.4. The maximum atomic E-state index is 6.29. The second-order valence-corrected chi connectivity index (χ2v) is 13.5. The first-order valence-corrected chi connectivity index (χ1v) is 20.1. The number of nitrogens with two attached hydrogens (primary N) is 1. The van der Waals surface area contributed by atoms with E-state index in [4.69, 9.17) is 15.6 Å². The summed E-state index contributed by atoms with van der Waals surface area (Å²) in [7, 11) is 0. The molecule has 0 aliphatic rings. The van der Waals surface area contributed by atoms with Crippen LogP contribution < -0.4 is 5.73 Å². The number of allylic oxidation sites excluding steroid dienone is 5. The number of hydrogen-bond donors (Lipinski definition) is 2. The van der Waals surface area contributed by atoms with Crippen molar-refractivity contribution in [3.63, 3.8) is 0 Å². The highest BCUT2D eigenvalue weighted by atomic mass is 16.3. The molecule has 0 fully saturated rings. The molecule has 0 spiro atoms. The fourth-order valence-corrected chi connectivity index (χ4v) is 6.83. The number of benzene rings is 7. The van der Waals surface area contributed by atoms with Crippen molar-refractivity contribution in [1.29, 1.82) is 5.41 Å². The van der Waals surface area contributed by atoms with Crippen LogP contribution in [0, 0.1) is 5.41 Å². The predicted molar refractivity (Wildman–Crippen MR) is 256 cm³/mol. The standard InChI is InChI=1S/C40H31NO.C13H14.C2H6.CH3N/c41-27-29-12-9-15-33(24-29)37-26-40-38(35-16-7-8-17-39(35)42-40)25-36(37)32-21-19-31(20-22-32)34(30-13-5-2-6-14-30)23-18-28-10-3-1-4-11-28;1-3-12(2)8-7-11-13-9-5-4-6-10-13;2*1-2/h1-17,19-26H,18,27,41H2;3-10H,1-2,11H2;1-2H3;2H,1H2/b34-23+;8-7-;;. The van der Waals surface area contributed by atoms with E-state index in [-0.39, 0.29) is 0 Å². The maximum absolute atomic E-state index is 6.29. The summed E-state index contributed by atoms with van der Waals surface area (Å²) in [5, 5.41) is 7.75. The van der Waals surface area contributed by atoms with Crippen molar-refractivity contribution in [2.75, 3.05) is 0 Å². The van der Waals surface area contributed by atoms with Gasteiger partial charge in [-0.3, -0.25) is 0 Å². The van der Waals surface area contributed by atoms with E-state index in [1.807, 2.05) is 50.3 Å². The molecule has 59 heavy (non-hydrogen) atoms. The molecule has 3 N–H and O–H groups in total. The zero-order chi connectivity index (χ0) is 41.8. The summed E-state index contributed by atoms with van der Waals surface area (Å²) in [6.07, 6.45) is 10.0. The number of furan rings is 1. The van der Waals surface area contributed by atoms with Crippen LogP contribution in [0.5, 0.6) is 0 Å². The van der Waals surface area contributed by atoms with Crippen molar-refractivity contribution in [1.82, 2.24) is 0 Å². The molecule has 0 aliphatic carbocycles. The molecule has 0 bridgehead atoms. The van der Waals surface area contributed by atoms with E-state index in [1.54, 1.807) is 6.08 Å². The molecule has 3 nitrogen and oxygen atoms in total. The van der Waals surface area contributed by atoms with Crippen LogP contribution >= 0.6 is 0 Å². The highest BCUT2D eigenvalue weighted by Crippen LogP contribution is 2.40. The number of para-hydroxylation sites is 1. The predicted octanol–water partition coefficient (Wildman–Crippen LogP) is 14.9. The molecule has 1 heterocycles. The monoisotopic (exact) mass is 770 g/mol. The highest BCUT2D eigenvalue weighted by Gasteiger charge is 2.15. The average molecular weight is 771 g/mol. The molecule has 1 aromatic heterocycles. The first kappa shape index (κ1) is 43.1. The van der Waals surface area contributed by atoms with Crippen molar-refractivity contribution < 1.29 is 4.42 Å². The van der Waals surface area contributed by atoms with E-state index in [1.165, 1.54) is 33.4 Å². The topological polar surface area (TPSA) is 63.0 Å². The van der Waals surface area contributed by atoms with E-state index >= 15 is 0 Å². The summed E-state index contributed by atoms with van der Waals surface area (Å²) in [5.74, 6) is 0. The molecule has 0 saturated heterocycles. The molecule has 8 aromatic rings. The summed E-state index contributed by atoms with van der Waals surface area (Å²) in [6, 6.07) is 61.8. The Morgan fingerprint density at radius 1 is 0.559 bits per heavy atom. The van der Waals surface area contributed by atoms with Crippen molar-refractivity contribution in [3.8, 4) is 22.3 Å². The Kier molecular flexibility index (Phi) is 16.5. The Morgan fingerprint density at radius 2 is 1.12 bits per heavy atom. The van der Waals surface area contributed by atoms with Crippen LogP contribution in [0.15, 0.2) is 223 Å². The lowest BCUT2D eigenvalue weighted by Crippen LogP contribution is -1.96. The van der Waals surface area contributed by atoms with Gasteiger partial charge in [0.15, 0.2) is 0 Å². The molecule has 294 valence electrons. The van der Waals surface area contributed by atoms with Crippen LogP contribution in [-0.4, -0.2) is 6.72 Å². The molecule has 7 aromatic carbocycles. The Labute approximate surface area is 350 Å². The van der Waals surface area contributed by atoms with Gasteiger partial charge in [-0.2, -0.15) is 0 Å². The van der Waals surface area contributed by atoms with E-state index in [2.05, 4.69) is 178 Å². The third kappa shape index (κ3) is 11.5. The molecule has 3 heteroatoms. The molecular weight excluding hydrogens is 717 g/mol. The third-order valence-corrected chi connectivity index (χ3v) is 9.76. The van der Waals surface area contributed by atoms with E-state index in [0.29, 0.717) is 6.54 Å². The van der Waals surface area contributed by atoms with Gasteiger partial charge in [-0.05, 0) is 105 Å². The van der Waals surface area contributed by atoms with Gasteiger partial charge in [0.05, 0.1) is 0 Å². The fraction of sp³-hybridized carbons (Fsp3) is 0.0893. The molecule has 0 saturated carbocycles. The number of hydrogen-bond acceptors (Lipinski definition) is 3. The zero-order valence-electron chi connectivity index (χ0n) is 34.3. The fourth-order valence-electron chi connectivity index (χ4n) is 6.83. The lowest BCUT2D eigenvalue weighted by molar-refractivity contribution is 0.669. The SMILES string of the molecule is C=CC(=C)/C=C\Cc1ccccc1.C=N.CC.NCc1cccc(-c2cc3oc4ccccc4c3cc2-c2ccc(/C(=C/Cc3ccccc3)c3ccccc3)cc2)c1. The van der Waals surface area contributed by atoms with Crippen LogP contribution in [0.25, 0.3) is 49.8 Å². The van der Waals surface area contributed by atoms with Crippen LogP contribution in [-0.2, 0) is 19.4 Å². The second-order valence-electron chi connectivity index (χ2n) is 13.5. The summed E-state index contributed by atoms with van der Waals surface area (Å²) >= 11 is 0. The van der Waals surface area contributed by atoms with Crippen LogP contribution in [0.2, 0.25) is 0 Å². The Bertz CT molecular complexity index is 2600. The lowest BCUT2D eigenvalue weighted by atomic mass is 9.90. The molecular formula is C56H54N2O. The van der Waals surface area contributed by atoms with Crippen molar-refractivity contribution in [2.24, 2.45) is 5.73 Å². The molecule has 8 rings (SSSR count). The summed E-state index contributed by atoms with van der Waals surface area (Å²) in [5.41, 5.74) is 20.7. The van der Waals surface area contributed by atoms with Gasteiger partial charge in [-0.25, -0.2) is 0 Å². The Hall–Kier alpha value is -7.07. The van der Waals surface area contributed by atoms with Gasteiger partial charge in [0.25, 0.3) is 0 Å². The van der Waals surface area contributed by atoms with Gasteiger partial charge in [0.1, 0.15) is 11.2 Å². The lowest BCUT2D eigenvalue weighted by Gasteiger charge is -2.14. The van der Waals surface area contributed by atoms with Gasteiger partial charge in [0.2, 0.25) is 0 Å². The van der Waals surface area contributed by atoms with E-state index in [9.17, 15) is 0 Å². The van der Waals surface area contributed by atoms with Crippen molar-refractivity contribution >= 4 is 34.2 Å². The van der Waals surface area contributed by atoms with Crippen LogP contribution in [0.3, 0.4) is 0 Å². The molecule has 0 unspecified atom stereocenters. The van der Waals surface area contributed by atoms with Crippen LogP contribution in [0.4, 0.5) is 0 Å². The Morgan fingerprint density at radius 3 is 1.76 bits per heavy atom. The number of nitrogens with one attached hydrogen (secondary N) is 1. The minimum atomic E-state index is 0.502. The minimum Gasteiger partial charge on any atom is -0.456 e. The number of rotatable bonds is 11. The maximum Gasteiger partial charge on any atom is 0.136 e. The quantitative estimate of drug-likeness (QED) is 0.102. The normalized spacial score (nSPS) is 10.8. The van der Waals surface area contributed by atoms with Crippen molar-refractivity contribution in [2.45, 2.75) is 33.2 Å². The van der Waals surface area contributed by atoms with Gasteiger partial charge in [-0.15, -0.1) is 0 Å².